The van der Waals surface area contributed by atoms with Gasteiger partial charge >= 0.3 is 0 Å². The number of alkyl halides is 1. The highest BCUT2D eigenvalue weighted by Crippen LogP contribution is 2.31. The summed E-state index contributed by atoms with van der Waals surface area (Å²) in [5.74, 6) is 1.53. The van der Waals surface area contributed by atoms with Gasteiger partial charge < -0.3 is 5.32 Å². The molecule has 0 saturated heterocycles. The fourth-order valence-corrected chi connectivity index (χ4v) is 3.67. The molecule has 0 radical (unpaired) electrons. The van der Waals surface area contributed by atoms with Crippen molar-refractivity contribution in [2.45, 2.75) is 77.6 Å². The van der Waals surface area contributed by atoms with E-state index in [4.69, 9.17) is 0 Å². The Morgan fingerprint density at radius 2 is 1.75 bits per heavy atom. The first-order valence-electron chi connectivity index (χ1n) is 8.61. The first-order valence-corrected chi connectivity index (χ1v) is 10.1. The van der Waals surface area contributed by atoms with Crippen molar-refractivity contribution in [3.05, 3.63) is 0 Å². The molecule has 0 heterocycles. The Bertz CT molecular complexity index is 249. The number of amides is 1. The Kier molecular flexibility index (Phi) is 10.8. The van der Waals surface area contributed by atoms with Crippen LogP contribution < -0.4 is 5.32 Å². The minimum atomic E-state index is 0.308. The fourth-order valence-electron chi connectivity index (χ4n) is 3.14. The number of halogens is 1. The number of rotatable bonds is 10. The molecule has 1 aliphatic rings. The molecule has 0 aliphatic heterocycles. The third-order valence-corrected chi connectivity index (χ3v) is 5.31. The SMILES string of the molecule is CCCCC1CCC(C(=O)NCCCCCCI)CC1. The quantitative estimate of drug-likeness (QED) is 0.313. The van der Waals surface area contributed by atoms with Gasteiger partial charge in [0.25, 0.3) is 0 Å². The van der Waals surface area contributed by atoms with E-state index < -0.39 is 0 Å². The van der Waals surface area contributed by atoms with Crippen LogP contribution in [0.3, 0.4) is 0 Å². The van der Waals surface area contributed by atoms with Crippen molar-refractivity contribution >= 4 is 28.5 Å². The fraction of sp³-hybridized carbons (Fsp3) is 0.941. The Labute approximate surface area is 139 Å². The maximum atomic E-state index is 12.1. The monoisotopic (exact) mass is 393 g/mol. The lowest BCUT2D eigenvalue weighted by Gasteiger charge is -2.27. The Hall–Kier alpha value is 0.200. The average molecular weight is 393 g/mol. The Morgan fingerprint density at radius 3 is 2.40 bits per heavy atom. The molecule has 0 aromatic carbocycles. The molecule has 118 valence electrons. The smallest absolute Gasteiger partial charge is 0.223 e. The van der Waals surface area contributed by atoms with Crippen LogP contribution in [0.4, 0.5) is 0 Å². The second kappa shape index (κ2) is 11.8. The molecule has 1 saturated carbocycles. The Balaban J connectivity index is 2.04. The van der Waals surface area contributed by atoms with Gasteiger partial charge in [0.05, 0.1) is 0 Å². The van der Waals surface area contributed by atoms with E-state index in [0.29, 0.717) is 11.8 Å². The van der Waals surface area contributed by atoms with Crippen LogP contribution in [-0.2, 0) is 4.79 Å². The third kappa shape index (κ3) is 7.84. The molecule has 1 aliphatic carbocycles. The third-order valence-electron chi connectivity index (χ3n) is 4.54. The van der Waals surface area contributed by atoms with Crippen LogP contribution >= 0.6 is 22.6 Å². The molecule has 0 unspecified atom stereocenters. The minimum absolute atomic E-state index is 0.308. The van der Waals surface area contributed by atoms with Gasteiger partial charge in [0.15, 0.2) is 0 Å². The maximum Gasteiger partial charge on any atom is 0.223 e. The van der Waals surface area contributed by atoms with Crippen molar-refractivity contribution < 1.29 is 4.79 Å². The number of hydrogen-bond donors (Lipinski definition) is 1. The van der Waals surface area contributed by atoms with Crippen LogP contribution in [0.1, 0.15) is 77.6 Å². The number of nitrogens with one attached hydrogen (secondary N) is 1. The summed E-state index contributed by atoms with van der Waals surface area (Å²) in [5.41, 5.74) is 0. The van der Waals surface area contributed by atoms with Gasteiger partial charge in [0.2, 0.25) is 5.91 Å². The summed E-state index contributed by atoms with van der Waals surface area (Å²) >= 11 is 2.43. The number of carbonyl (C=O) groups excluding carboxylic acids is 1. The van der Waals surface area contributed by atoms with Crippen molar-refractivity contribution in [3.63, 3.8) is 0 Å². The predicted molar refractivity (Wildman–Crippen MR) is 95.3 cm³/mol. The summed E-state index contributed by atoms with van der Waals surface area (Å²) in [6.45, 7) is 3.15. The van der Waals surface area contributed by atoms with E-state index in [9.17, 15) is 4.79 Å². The molecule has 3 heteroatoms. The first-order chi connectivity index (χ1) is 9.77. The molecule has 0 spiro atoms. The lowest BCUT2D eigenvalue weighted by Crippen LogP contribution is -2.33. The molecule has 0 aromatic rings. The summed E-state index contributed by atoms with van der Waals surface area (Å²) < 4.78 is 1.26. The van der Waals surface area contributed by atoms with Gasteiger partial charge in [-0.05, 0) is 48.9 Å². The molecule has 0 aromatic heterocycles. The summed E-state index contributed by atoms with van der Waals surface area (Å²) in [6.07, 6.45) is 13.9. The highest BCUT2D eigenvalue weighted by molar-refractivity contribution is 14.1. The van der Waals surface area contributed by atoms with Crippen LogP contribution in [0.5, 0.6) is 0 Å². The second-order valence-corrected chi connectivity index (χ2v) is 7.33. The second-order valence-electron chi connectivity index (χ2n) is 6.25. The van der Waals surface area contributed by atoms with E-state index in [0.717, 1.165) is 31.7 Å². The molecular formula is C17H32INO. The van der Waals surface area contributed by atoms with E-state index in [-0.39, 0.29) is 0 Å². The lowest BCUT2D eigenvalue weighted by molar-refractivity contribution is -0.126. The van der Waals surface area contributed by atoms with Gasteiger partial charge in [-0.2, -0.15) is 0 Å². The van der Waals surface area contributed by atoms with Crippen molar-refractivity contribution in [1.82, 2.24) is 5.32 Å². The zero-order valence-corrected chi connectivity index (χ0v) is 15.3. The maximum absolute atomic E-state index is 12.1. The van der Waals surface area contributed by atoms with Crippen molar-refractivity contribution in [3.8, 4) is 0 Å². The van der Waals surface area contributed by atoms with Crippen LogP contribution in [-0.4, -0.2) is 16.9 Å². The van der Waals surface area contributed by atoms with Crippen LogP contribution in [0, 0.1) is 11.8 Å². The first kappa shape index (κ1) is 18.2. The van der Waals surface area contributed by atoms with Crippen LogP contribution in [0.25, 0.3) is 0 Å². The van der Waals surface area contributed by atoms with Gasteiger partial charge in [-0.3, -0.25) is 4.79 Å². The normalized spacial score (nSPS) is 22.7. The van der Waals surface area contributed by atoms with Gasteiger partial charge in [-0.25, -0.2) is 0 Å². The molecule has 1 amide bonds. The van der Waals surface area contributed by atoms with Gasteiger partial charge in [-0.1, -0.05) is 61.6 Å². The minimum Gasteiger partial charge on any atom is -0.356 e. The molecular weight excluding hydrogens is 361 g/mol. The summed E-state index contributed by atoms with van der Waals surface area (Å²) in [4.78, 5) is 12.1. The molecule has 20 heavy (non-hydrogen) atoms. The van der Waals surface area contributed by atoms with E-state index >= 15 is 0 Å². The van der Waals surface area contributed by atoms with E-state index in [1.165, 1.54) is 55.8 Å². The molecule has 1 rings (SSSR count). The summed E-state index contributed by atoms with van der Waals surface area (Å²) in [7, 11) is 0. The van der Waals surface area contributed by atoms with Crippen molar-refractivity contribution in [2.24, 2.45) is 11.8 Å². The topological polar surface area (TPSA) is 29.1 Å². The number of carbonyl (C=O) groups is 1. The van der Waals surface area contributed by atoms with E-state index in [1.807, 2.05) is 0 Å². The van der Waals surface area contributed by atoms with Crippen LogP contribution in [0.2, 0.25) is 0 Å². The molecule has 2 nitrogen and oxygen atoms in total. The summed E-state index contributed by atoms with van der Waals surface area (Å²) in [5, 5.41) is 3.15. The average Bonchev–Trinajstić information content (AvgIpc) is 2.49. The van der Waals surface area contributed by atoms with E-state index in [2.05, 4.69) is 34.8 Å². The standard InChI is InChI=1S/C17H32INO/c1-2-3-8-15-9-11-16(12-10-15)17(20)19-14-7-5-4-6-13-18/h15-16H,2-14H2,1H3,(H,19,20). The van der Waals surface area contributed by atoms with Crippen LogP contribution in [0.15, 0.2) is 0 Å². The lowest BCUT2D eigenvalue weighted by atomic mass is 9.79. The Morgan fingerprint density at radius 1 is 1.05 bits per heavy atom. The molecule has 1 fully saturated rings. The summed E-state index contributed by atoms with van der Waals surface area (Å²) in [6, 6.07) is 0. The van der Waals surface area contributed by atoms with Crippen molar-refractivity contribution in [2.75, 3.05) is 11.0 Å². The highest BCUT2D eigenvalue weighted by Gasteiger charge is 2.25. The number of unbranched alkanes of at least 4 members (excludes halogenated alkanes) is 4. The molecule has 0 bridgehead atoms. The zero-order chi connectivity index (χ0) is 14.6. The highest BCUT2D eigenvalue weighted by atomic mass is 127. The molecule has 1 N–H and O–H groups in total. The molecule has 0 atom stereocenters. The predicted octanol–water partition coefficient (Wildman–Crippen LogP) is 5.09. The van der Waals surface area contributed by atoms with Gasteiger partial charge in [0, 0.05) is 12.5 Å². The zero-order valence-electron chi connectivity index (χ0n) is 13.1. The van der Waals surface area contributed by atoms with Gasteiger partial charge in [-0.15, -0.1) is 0 Å². The number of hydrogen-bond acceptors (Lipinski definition) is 1. The largest absolute Gasteiger partial charge is 0.356 e. The van der Waals surface area contributed by atoms with Gasteiger partial charge in [0.1, 0.15) is 0 Å². The van der Waals surface area contributed by atoms with Crippen molar-refractivity contribution in [1.29, 1.82) is 0 Å². The van der Waals surface area contributed by atoms with E-state index in [1.54, 1.807) is 0 Å².